The van der Waals surface area contributed by atoms with E-state index in [-0.39, 0.29) is 0 Å². The Hall–Kier alpha value is -2.01. The number of methoxy groups -OCH3 is 2. The Kier molecular flexibility index (Phi) is 7.31. The Balaban J connectivity index is 0.000000511. The van der Waals surface area contributed by atoms with Crippen LogP contribution < -0.4 is 9.47 Å². The molecular weight excluding hydrogens is 384 g/mol. The van der Waals surface area contributed by atoms with E-state index in [9.17, 15) is 0 Å². The minimum atomic E-state index is 0.375. The zero-order valence-electron chi connectivity index (χ0n) is 14.8. The van der Waals surface area contributed by atoms with Crippen LogP contribution in [0.3, 0.4) is 0 Å². The first-order valence-electron chi connectivity index (χ1n) is 8.11. The number of halogens is 1. The van der Waals surface area contributed by atoms with E-state index < -0.39 is 0 Å². The highest BCUT2D eigenvalue weighted by molar-refractivity contribution is 9.10. The van der Waals surface area contributed by atoms with Crippen LogP contribution in [0.4, 0.5) is 0 Å². The quantitative estimate of drug-likeness (QED) is 0.632. The van der Waals surface area contributed by atoms with Crippen LogP contribution in [0.2, 0.25) is 0 Å². The van der Waals surface area contributed by atoms with Crippen LogP contribution in [0.15, 0.2) is 40.9 Å². The Bertz CT molecular complexity index is 711. The topological polar surface area (TPSA) is 44.8 Å². The van der Waals surface area contributed by atoms with Crippen LogP contribution in [0.25, 0.3) is 0 Å². The summed E-state index contributed by atoms with van der Waals surface area (Å²) in [5, 5.41) is 0. The van der Waals surface area contributed by atoms with Crippen LogP contribution in [0.5, 0.6) is 11.5 Å². The number of aryl methyl sites for hydroxylation is 1. The highest BCUT2D eigenvalue weighted by Crippen LogP contribution is 2.44. The average molecular weight is 407 g/mol. The first kappa shape index (κ1) is 19.3. The van der Waals surface area contributed by atoms with Crippen molar-refractivity contribution < 1.29 is 19.0 Å². The fourth-order valence-electron chi connectivity index (χ4n) is 2.58. The molecule has 0 heterocycles. The highest BCUT2D eigenvalue weighted by Gasteiger charge is 2.27. The first-order valence-corrected chi connectivity index (χ1v) is 8.91. The molecule has 0 atom stereocenters. The SMILES string of the molecule is COC=O.COc1cccc(C2CC2)c1COc1cc(C)ccc1Br. The molecule has 1 aliphatic rings. The molecule has 2 aromatic carbocycles. The normalized spacial score (nSPS) is 12.6. The van der Waals surface area contributed by atoms with E-state index in [1.807, 2.05) is 12.1 Å². The Morgan fingerprint density at radius 1 is 1.16 bits per heavy atom. The molecule has 0 aliphatic heterocycles. The maximum Gasteiger partial charge on any atom is 0.292 e. The van der Waals surface area contributed by atoms with Crippen molar-refractivity contribution in [3.05, 3.63) is 57.6 Å². The second kappa shape index (κ2) is 9.47. The molecule has 2 aromatic rings. The number of benzene rings is 2. The van der Waals surface area contributed by atoms with E-state index in [0.717, 1.165) is 16.0 Å². The molecule has 25 heavy (non-hydrogen) atoms. The summed E-state index contributed by atoms with van der Waals surface area (Å²) in [6, 6.07) is 12.4. The molecule has 134 valence electrons. The van der Waals surface area contributed by atoms with Crippen LogP contribution in [-0.2, 0) is 16.1 Å². The number of carbonyl (C=O) groups is 1. The third-order valence-electron chi connectivity index (χ3n) is 3.96. The second-order valence-corrected chi connectivity index (χ2v) is 6.71. The molecule has 0 spiro atoms. The van der Waals surface area contributed by atoms with Crippen molar-refractivity contribution in [1.29, 1.82) is 0 Å². The lowest BCUT2D eigenvalue weighted by molar-refractivity contribution is -0.126. The van der Waals surface area contributed by atoms with E-state index in [2.05, 4.69) is 51.9 Å². The average Bonchev–Trinajstić information content (AvgIpc) is 3.47. The van der Waals surface area contributed by atoms with Gasteiger partial charge in [-0.05, 0) is 70.9 Å². The summed E-state index contributed by atoms with van der Waals surface area (Å²) in [4.78, 5) is 8.95. The molecule has 0 saturated heterocycles. The summed E-state index contributed by atoms with van der Waals surface area (Å²) in [7, 11) is 3.03. The van der Waals surface area contributed by atoms with E-state index in [4.69, 9.17) is 14.3 Å². The molecule has 0 aromatic heterocycles. The predicted octanol–water partition coefficient (Wildman–Crippen LogP) is 5.01. The van der Waals surface area contributed by atoms with Crippen LogP contribution in [0.1, 0.15) is 35.4 Å². The van der Waals surface area contributed by atoms with Gasteiger partial charge in [0.2, 0.25) is 0 Å². The largest absolute Gasteiger partial charge is 0.496 e. The second-order valence-electron chi connectivity index (χ2n) is 5.86. The number of hydrogen-bond acceptors (Lipinski definition) is 4. The van der Waals surface area contributed by atoms with Gasteiger partial charge in [-0.25, -0.2) is 0 Å². The van der Waals surface area contributed by atoms with E-state index >= 15 is 0 Å². The van der Waals surface area contributed by atoms with Gasteiger partial charge in [-0.3, -0.25) is 4.79 Å². The van der Waals surface area contributed by atoms with Crippen molar-refractivity contribution in [2.75, 3.05) is 14.2 Å². The van der Waals surface area contributed by atoms with Crippen molar-refractivity contribution in [2.45, 2.75) is 32.3 Å². The lowest BCUT2D eigenvalue weighted by atomic mass is 10.0. The molecule has 5 heteroatoms. The summed E-state index contributed by atoms with van der Waals surface area (Å²) < 4.78 is 16.4. The minimum Gasteiger partial charge on any atom is -0.496 e. The van der Waals surface area contributed by atoms with Gasteiger partial charge in [0.15, 0.2) is 0 Å². The van der Waals surface area contributed by atoms with E-state index in [1.54, 1.807) is 7.11 Å². The molecule has 0 amide bonds. The standard InChI is InChI=1S/C18H19BrO2.C2H4O2/c1-12-6-9-16(19)18(10-12)21-11-15-14(13-7-8-13)4-3-5-17(15)20-2;1-4-2-3/h3-6,9-10,13H,7-8,11H2,1-2H3;2H,1H3. The van der Waals surface area contributed by atoms with Gasteiger partial charge in [0, 0.05) is 5.56 Å². The maximum absolute atomic E-state index is 8.95. The maximum atomic E-state index is 8.95. The van der Waals surface area contributed by atoms with Crippen molar-refractivity contribution in [3.8, 4) is 11.5 Å². The van der Waals surface area contributed by atoms with Crippen LogP contribution in [0, 0.1) is 6.92 Å². The lowest BCUT2D eigenvalue weighted by Crippen LogP contribution is -2.03. The summed E-state index contributed by atoms with van der Waals surface area (Å²) in [6.45, 7) is 2.98. The summed E-state index contributed by atoms with van der Waals surface area (Å²) in [5.41, 5.74) is 3.74. The van der Waals surface area contributed by atoms with Gasteiger partial charge >= 0.3 is 0 Å². The Morgan fingerprint density at radius 3 is 2.48 bits per heavy atom. The number of hydrogen-bond donors (Lipinski definition) is 0. The van der Waals surface area contributed by atoms with Crippen LogP contribution >= 0.6 is 15.9 Å². The summed E-state index contributed by atoms with van der Waals surface area (Å²) in [6.07, 6.45) is 2.54. The van der Waals surface area contributed by atoms with E-state index in [0.29, 0.717) is 19.0 Å². The lowest BCUT2D eigenvalue weighted by Gasteiger charge is -2.15. The molecule has 1 aliphatic carbocycles. The molecule has 4 nitrogen and oxygen atoms in total. The molecule has 0 radical (unpaired) electrons. The number of ether oxygens (including phenoxy) is 3. The van der Waals surface area contributed by atoms with Gasteiger partial charge in [-0.1, -0.05) is 18.2 Å². The highest BCUT2D eigenvalue weighted by atomic mass is 79.9. The van der Waals surface area contributed by atoms with E-state index in [1.165, 1.54) is 36.6 Å². The Labute approximate surface area is 157 Å². The van der Waals surface area contributed by atoms with Gasteiger partial charge < -0.3 is 14.2 Å². The van der Waals surface area contributed by atoms with Crippen molar-refractivity contribution in [2.24, 2.45) is 0 Å². The number of carbonyl (C=O) groups excluding carboxylic acids is 1. The monoisotopic (exact) mass is 406 g/mol. The molecule has 3 rings (SSSR count). The number of rotatable bonds is 6. The van der Waals surface area contributed by atoms with Gasteiger partial charge in [-0.15, -0.1) is 0 Å². The van der Waals surface area contributed by atoms with Crippen molar-refractivity contribution >= 4 is 22.4 Å². The zero-order chi connectivity index (χ0) is 18.2. The van der Waals surface area contributed by atoms with Crippen molar-refractivity contribution in [1.82, 2.24) is 0 Å². The van der Waals surface area contributed by atoms with Gasteiger partial charge in [-0.2, -0.15) is 0 Å². The van der Waals surface area contributed by atoms with Gasteiger partial charge in [0.05, 0.1) is 18.7 Å². The molecule has 0 unspecified atom stereocenters. The smallest absolute Gasteiger partial charge is 0.292 e. The molecule has 0 N–H and O–H groups in total. The molecule has 1 saturated carbocycles. The van der Waals surface area contributed by atoms with Gasteiger partial charge in [0.1, 0.15) is 18.1 Å². The first-order chi connectivity index (χ1) is 12.1. The third kappa shape index (κ3) is 5.49. The van der Waals surface area contributed by atoms with Crippen LogP contribution in [-0.4, -0.2) is 20.7 Å². The fraction of sp³-hybridized carbons (Fsp3) is 0.350. The Morgan fingerprint density at radius 2 is 1.88 bits per heavy atom. The van der Waals surface area contributed by atoms with Gasteiger partial charge in [0.25, 0.3) is 6.47 Å². The molecule has 0 bridgehead atoms. The molecule has 1 fully saturated rings. The zero-order valence-corrected chi connectivity index (χ0v) is 16.3. The van der Waals surface area contributed by atoms with Crippen molar-refractivity contribution in [3.63, 3.8) is 0 Å². The minimum absolute atomic E-state index is 0.375. The third-order valence-corrected chi connectivity index (χ3v) is 4.62. The fourth-order valence-corrected chi connectivity index (χ4v) is 2.94. The summed E-state index contributed by atoms with van der Waals surface area (Å²) in [5.74, 6) is 2.48. The predicted molar refractivity (Wildman–Crippen MR) is 101 cm³/mol. The summed E-state index contributed by atoms with van der Waals surface area (Å²) >= 11 is 3.54. The molecular formula is C20H23BrO4.